The molecule has 6 nitrogen and oxygen atoms in total. The molecule has 2 N–H and O–H groups in total. The molecule has 0 saturated carbocycles. The van der Waals surface area contributed by atoms with Gasteiger partial charge in [-0.3, -0.25) is 0 Å². The van der Waals surface area contributed by atoms with Gasteiger partial charge in [0.25, 0.3) is 0 Å². The SMILES string of the molecule is CN(C)CCCNc1nc(Nc2ccccc2)c(C#N)c2c1COC(C)(C)C2. The second kappa shape index (κ2) is 8.59. The van der Waals surface area contributed by atoms with Gasteiger partial charge in [0.05, 0.1) is 17.8 Å². The highest BCUT2D eigenvalue weighted by Gasteiger charge is 2.31. The van der Waals surface area contributed by atoms with Crippen LogP contribution >= 0.6 is 0 Å². The molecule has 148 valence electrons. The summed E-state index contributed by atoms with van der Waals surface area (Å²) in [5, 5.41) is 16.7. The van der Waals surface area contributed by atoms with Gasteiger partial charge in [0.1, 0.15) is 11.9 Å². The van der Waals surface area contributed by atoms with E-state index in [0.29, 0.717) is 24.4 Å². The number of rotatable bonds is 7. The molecule has 0 spiro atoms. The third kappa shape index (κ3) is 4.80. The highest BCUT2D eigenvalue weighted by molar-refractivity contribution is 5.70. The lowest BCUT2D eigenvalue weighted by molar-refractivity contribution is -0.0399. The van der Waals surface area contributed by atoms with Gasteiger partial charge in [-0.2, -0.15) is 5.26 Å². The second-order valence-corrected chi connectivity index (χ2v) is 8.05. The van der Waals surface area contributed by atoms with E-state index in [4.69, 9.17) is 9.72 Å². The Morgan fingerprint density at radius 3 is 2.61 bits per heavy atom. The Hall–Kier alpha value is -2.62. The minimum atomic E-state index is -0.299. The van der Waals surface area contributed by atoms with Crippen LogP contribution in [0.3, 0.4) is 0 Å². The molecule has 1 aliphatic rings. The minimum absolute atomic E-state index is 0.299. The summed E-state index contributed by atoms with van der Waals surface area (Å²) in [4.78, 5) is 6.94. The van der Waals surface area contributed by atoms with Crippen LogP contribution in [0.1, 0.15) is 37.0 Å². The molecule has 1 aromatic heterocycles. The fraction of sp³-hybridized carbons (Fsp3) is 0.455. The van der Waals surface area contributed by atoms with E-state index >= 15 is 0 Å². The van der Waals surface area contributed by atoms with Crippen molar-refractivity contribution in [1.29, 1.82) is 5.26 Å². The Bertz CT molecular complexity index is 855. The Morgan fingerprint density at radius 2 is 1.93 bits per heavy atom. The third-order valence-electron chi connectivity index (χ3n) is 4.84. The number of nitrogens with one attached hydrogen (secondary N) is 2. The average Bonchev–Trinajstić information content (AvgIpc) is 2.65. The van der Waals surface area contributed by atoms with Crippen molar-refractivity contribution in [2.75, 3.05) is 37.8 Å². The number of benzene rings is 1. The van der Waals surface area contributed by atoms with Gasteiger partial charge in [-0.15, -0.1) is 0 Å². The predicted octanol–water partition coefficient (Wildman–Crippen LogP) is 3.91. The van der Waals surface area contributed by atoms with Crippen LogP contribution in [0.25, 0.3) is 0 Å². The van der Waals surface area contributed by atoms with Crippen LogP contribution in [0.5, 0.6) is 0 Å². The van der Waals surface area contributed by atoms with Crippen LogP contribution in [-0.2, 0) is 17.8 Å². The first-order valence-corrected chi connectivity index (χ1v) is 9.70. The number of nitriles is 1. The first-order valence-electron chi connectivity index (χ1n) is 9.70. The molecule has 0 fully saturated rings. The lowest BCUT2D eigenvalue weighted by Crippen LogP contribution is -2.33. The number of pyridine rings is 1. The Balaban J connectivity index is 1.96. The van der Waals surface area contributed by atoms with Crippen molar-refractivity contribution in [3.05, 3.63) is 47.0 Å². The molecule has 0 aliphatic carbocycles. The van der Waals surface area contributed by atoms with Crippen molar-refractivity contribution in [3.63, 3.8) is 0 Å². The minimum Gasteiger partial charge on any atom is -0.370 e. The number of ether oxygens (including phenoxy) is 1. The molecule has 0 saturated heterocycles. The fourth-order valence-electron chi connectivity index (χ4n) is 3.38. The van der Waals surface area contributed by atoms with Crippen LogP contribution in [0, 0.1) is 11.3 Å². The first-order chi connectivity index (χ1) is 13.4. The van der Waals surface area contributed by atoms with Crippen molar-refractivity contribution < 1.29 is 4.74 Å². The second-order valence-electron chi connectivity index (χ2n) is 8.05. The van der Waals surface area contributed by atoms with Crippen LogP contribution in [-0.4, -0.2) is 42.7 Å². The van der Waals surface area contributed by atoms with E-state index < -0.39 is 0 Å². The molecular formula is C22H29N5O. The zero-order valence-electron chi connectivity index (χ0n) is 17.2. The molecule has 0 amide bonds. The van der Waals surface area contributed by atoms with E-state index in [1.54, 1.807) is 0 Å². The summed E-state index contributed by atoms with van der Waals surface area (Å²) in [7, 11) is 4.14. The van der Waals surface area contributed by atoms with Crippen LogP contribution < -0.4 is 10.6 Å². The maximum absolute atomic E-state index is 9.89. The Morgan fingerprint density at radius 1 is 1.18 bits per heavy atom. The van der Waals surface area contributed by atoms with Gasteiger partial charge in [0, 0.05) is 24.2 Å². The van der Waals surface area contributed by atoms with Gasteiger partial charge in [-0.1, -0.05) is 18.2 Å². The van der Waals surface area contributed by atoms with Crippen molar-refractivity contribution in [1.82, 2.24) is 9.88 Å². The average molecular weight is 380 g/mol. The largest absolute Gasteiger partial charge is 0.370 e. The number of hydrogen-bond donors (Lipinski definition) is 2. The smallest absolute Gasteiger partial charge is 0.151 e. The van der Waals surface area contributed by atoms with E-state index in [0.717, 1.165) is 42.1 Å². The Kier molecular flexibility index (Phi) is 6.18. The highest BCUT2D eigenvalue weighted by Crippen LogP contribution is 2.36. The van der Waals surface area contributed by atoms with Crippen molar-refractivity contribution in [2.24, 2.45) is 0 Å². The van der Waals surface area contributed by atoms with Gasteiger partial charge in [-0.05, 0) is 58.6 Å². The molecule has 1 aromatic carbocycles. The monoisotopic (exact) mass is 379 g/mol. The van der Waals surface area contributed by atoms with Crippen molar-refractivity contribution >= 4 is 17.3 Å². The number of fused-ring (bicyclic) bond motifs is 1. The summed E-state index contributed by atoms with van der Waals surface area (Å²) in [5.41, 5.74) is 3.25. The van der Waals surface area contributed by atoms with E-state index in [-0.39, 0.29) is 5.60 Å². The first kappa shape index (κ1) is 20.1. The van der Waals surface area contributed by atoms with Crippen LogP contribution in [0.4, 0.5) is 17.3 Å². The zero-order valence-corrected chi connectivity index (χ0v) is 17.2. The van der Waals surface area contributed by atoms with E-state index in [1.807, 2.05) is 30.3 Å². The molecule has 2 aromatic rings. The summed E-state index contributed by atoms with van der Waals surface area (Å²) >= 11 is 0. The third-order valence-corrected chi connectivity index (χ3v) is 4.84. The summed E-state index contributed by atoms with van der Waals surface area (Å²) in [6.07, 6.45) is 1.70. The van der Waals surface area contributed by atoms with Gasteiger partial charge < -0.3 is 20.3 Å². The summed E-state index contributed by atoms with van der Waals surface area (Å²) in [6.45, 7) is 6.41. The summed E-state index contributed by atoms with van der Waals surface area (Å²) < 4.78 is 6.02. The maximum atomic E-state index is 9.89. The maximum Gasteiger partial charge on any atom is 0.151 e. The molecule has 28 heavy (non-hydrogen) atoms. The molecule has 1 aliphatic heterocycles. The number of nitrogens with zero attached hydrogens (tertiary/aromatic N) is 3. The Labute approximate surface area is 167 Å². The van der Waals surface area contributed by atoms with Crippen LogP contribution in [0.2, 0.25) is 0 Å². The van der Waals surface area contributed by atoms with E-state index in [2.05, 4.69) is 49.5 Å². The quantitative estimate of drug-likeness (QED) is 0.711. The molecular weight excluding hydrogens is 350 g/mol. The standard InChI is InChI=1S/C22H29N5O/c1-22(2)13-17-18(14-23)21(25-16-9-6-5-7-10-16)26-20(19(17)15-28-22)24-11-8-12-27(3)4/h5-7,9-10H,8,11-13,15H2,1-4H3,(H2,24,25,26). The van der Waals surface area contributed by atoms with E-state index in [1.165, 1.54) is 0 Å². The molecule has 0 radical (unpaired) electrons. The fourth-order valence-corrected chi connectivity index (χ4v) is 3.38. The number of para-hydroxylation sites is 1. The number of anilines is 3. The lowest BCUT2D eigenvalue weighted by atomic mass is 9.89. The van der Waals surface area contributed by atoms with E-state index in [9.17, 15) is 5.26 Å². The van der Waals surface area contributed by atoms with Crippen molar-refractivity contribution in [2.45, 2.75) is 38.9 Å². The number of hydrogen-bond acceptors (Lipinski definition) is 6. The molecule has 0 bridgehead atoms. The molecule has 6 heteroatoms. The van der Waals surface area contributed by atoms with Crippen molar-refractivity contribution in [3.8, 4) is 6.07 Å². The predicted molar refractivity (Wildman–Crippen MR) is 113 cm³/mol. The van der Waals surface area contributed by atoms with Gasteiger partial charge in [-0.25, -0.2) is 4.98 Å². The van der Waals surface area contributed by atoms with Crippen LogP contribution in [0.15, 0.2) is 30.3 Å². The lowest BCUT2D eigenvalue weighted by Gasteiger charge is -2.33. The van der Waals surface area contributed by atoms with Gasteiger partial charge >= 0.3 is 0 Å². The molecule has 0 atom stereocenters. The van der Waals surface area contributed by atoms with Gasteiger partial charge in [0.15, 0.2) is 5.82 Å². The number of aromatic nitrogens is 1. The zero-order chi connectivity index (χ0) is 20.1. The molecule has 3 rings (SSSR count). The summed E-state index contributed by atoms with van der Waals surface area (Å²) in [5.74, 6) is 1.40. The normalized spacial score (nSPS) is 15.0. The molecule has 0 unspecified atom stereocenters. The highest BCUT2D eigenvalue weighted by atomic mass is 16.5. The van der Waals surface area contributed by atoms with Gasteiger partial charge in [0.2, 0.25) is 0 Å². The molecule has 2 heterocycles. The topological polar surface area (TPSA) is 73.2 Å². The summed E-state index contributed by atoms with van der Waals surface area (Å²) in [6, 6.07) is 12.2.